The fraction of sp³-hybridized carbons (Fsp3) is 0. The lowest BCUT2D eigenvalue weighted by atomic mass is 10.2. The maximum atomic E-state index is 6.16. The molecule has 7 heteroatoms. The fourth-order valence-electron chi connectivity index (χ4n) is 1.79. The van der Waals surface area contributed by atoms with Crippen LogP contribution in [-0.4, -0.2) is 20.4 Å². The van der Waals surface area contributed by atoms with Crippen LogP contribution in [0.4, 0.5) is 0 Å². The zero-order chi connectivity index (χ0) is 14.8. The number of hydrogen-bond acceptors (Lipinski definition) is 4. The van der Waals surface area contributed by atoms with E-state index in [1.54, 1.807) is 12.1 Å². The lowest BCUT2D eigenvalue weighted by Crippen LogP contribution is -2.00. The van der Waals surface area contributed by atoms with E-state index in [2.05, 4.69) is 36.3 Å². The molecule has 0 saturated carbocycles. The molecule has 0 fully saturated rings. The second-order valence-electron chi connectivity index (χ2n) is 4.12. The van der Waals surface area contributed by atoms with Crippen molar-refractivity contribution in [3.63, 3.8) is 0 Å². The van der Waals surface area contributed by atoms with E-state index in [1.165, 1.54) is 0 Å². The third kappa shape index (κ3) is 2.90. The maximum Gasteiger partial charge on any atom is 0.206 e. The summed E-state index contributed by atoms with van der Waals surface area (Å²) in [5, 5.41) is 17.4. The van der Waals surface area contributed by atoms with Gasteiger partial charge >= 0.3 is 0 Å². The molecule has 0 aliphatic carbocycles. The van der Waals surface area contributed by atoms with Gasteiger partial charge < -0.3 is 0 Å². The molecule has 3 rings (SSSR count). The molecule has 0 N–H and O–H groups in total. The zero-order valence-corrected chi connectivity index (χ0v) is 13.6. The molecule has 0 bridgehead atoms. The van der Waals surface area contributed by atoms with Crippen LogP contribution in [0.5, 0.6) is 0 Å². The molecule has 1 heterocycles. The van der Waals surface area contributed by atoms with E-state index >= 15 is 0 Å². The van der Waals surface area contributed by atoms with Crippen molar-refractivity contribution in [1.29, 1.82) is 0 Å². The van der Waals surface area contributed by atoms with Crippen molar-refractivity contribution < 1.29 is 0 Å². The van der Waals surface area contributed by atoms with Crippen molar-refractivity contribution >= 4 is 39.1 Å². The molecule has 0 atom stereocenters. The molecule has 104 valence electrons. The minimum Gasteiger partial charge on any atom is -0.126 e. The first-order valence-electron chi connectivity index (χ1n) is 5.93. The van der Waals surface area contributed by atoms with Gasteiger partial charge in [0.25, 0.3) is 0 Å². The number of halogens is 3. The van der Waals surface area contributed by atoms with Crippen LogP contribution in [0.3, 0.4) is 0 Å². The summed E-state index contributed by atoms with van der Waals surface area (Å²) in [7, 11) is 0. The van der Waals surface area contributed by atoms with Crippen molar-refractivity contribution in [2.75, 3.05) is 0 Å². The van der Waals surface area contributed by atoms with Crippen LogP contribution in [-0.2, 0) is 0 Å². The monoisotopic (exact) mass is 380 g/mol. The van der Waals surface area contributed by atoms with Gasteiger partial charge in [-0.25, -0.2) is 0 Å². The SMILES string of the molecule is Clc1ccccc1-c1nnc(-c2c(Cl)cccc2Br)nn1. The minimum absolute atomic E-state index is 0.350. The predicted octanol–water partition coefficient (Wildman–Crippen LogP) is 4.67. The first kappa shape index (κ1) is 14.4. The lowest BCUT2D eigenvalue weighted by molar-refractivity contribution is 0.876. The van der Waals surface area contributed by atoms with Crippen LogP contribution in [0.15, 0.2) is 46.9 Å². The largest absolute Gasteiger partial charge is 0.206 e. The van der Waals surface area contributed by atoms with Gasteiger partial charge in [-0.15, -0.1) is 20.4 Å². The van der Waals surface area contributed by atoms with E-state index in [0.29, 0.717) is 32.8 Å². The Morgan fingerprint density at radius 1 is 0.714 bits per heavy atom. The third-order valence-electron chi connectivity index (χ3n) is 2.78. The quantitative estimate of drug-likeness (QED) is 0.647. The Hall–Kier alpha value is -1.56. The smallest absolute Gasteiger partial charge is 0.126 e. The molecule has 0 spiro atoms. The summed E-state index contributed by atoms with van der Waals surface area (Å²) in [6, 6.07) is 12.7. The number of hydrogen-bond donors (Lipinski definition) is 0. The molecular formula is C14H7BrCl2N4. The molecule has 2 aromatic carbocycles. The van der Waals surface area contributed by atoms with Gasteiger partial charge in [0.05, 0.1) is 15.6 Å². The van der Waals surface area contributed by atoms with Crippen LogP contribution < -0.4 is 0 Å². The molecule has 4 nitrogen and oxygen atoms in total. The summed E-state index contributed by atoms with van der Waals surface area (Å²) in [6.07, 6.45) is 0. The number of benzene rings is 2. The maximum absolute atomic E-state index is 6.16. The Balaban J connectivity index is 2.04. The van der Waals surface area contributed by atoms with Gasteiger partial charge in [-0.2, -0.15) is 0 Å². The molecule has 0 amide bonds. The van der Waals surface area contributed by atoms with Crippen molar-refractivity contribution in [3.05, 3.63) is 57.0 Å². The van der Waals surface area contributed by atoms with Crippen molar-refractivity contribution in [2.24, 2.45) is 0 Å². The molecule has 0 aliphatic heterocycles. The average molecular weight is 382 g/mol. The third-order valence-corrected chi connectivity index (χ3v) is 4.09. The Kier molecular flexibility index (Phi) is 4.14. The second kappa shape index (κ2) is 6.05. The fourth-order valence-corrected chi connectivity index (χ4v) is 2.93. The molecule has 3 aromatic rings. The Labute approximate surface area is 139 Å². The van der Waals surface area contributed by atoms with Gasteiger partial charge in [0.2, 0.25) is 11.6 Å². The predicted molar refractivity (Wildman–Crippen MR) is 86.2 cm³/mol. The van der Waals surface area contributed by atoms with E-state index in [0.717, 1.165) is 4.47 Å². The topological polar surface area (TPSA) is 51.6 Å². The molecule has 0 radical (unpaired) electrons. The van der Waals surface area contributed by atoms with Gasteiger partial charge in [0.1, 0.15) is 0 Å². The Morgan fingerprint density at radius 2 is 1.33 bits per heavy atom. The standard InChI is InChI=1S/C14H7BrCl2N4/c15-9-5-3-7-11(17)12(9)14-20-18-13(19-21-14)8-4-1-2-6-10(8)16/h1-7H. The highest BCUT2D eigenvalue weighted by molar-refractivity contribution is 9.10. The Bertz CT molecular complexity index is 773. The summed E-state index contributed by atoms with van der Waals surface area (Å²) >= 11 is 15.7. The van der Waals surface area contributed by atoms with Crippen molar-refractivity contribution in [3.8, 4) is 22.8 Å². The van der Waals surface area contributed by atoms with E-state index < -0.39 is 0 Å². The molecule has 0 aliphatic rings. The van der Waals surface area contributed by atoms with Gasteiger partial charge in [-0.05, 0) is 40.2 Å². The normalized spacial score (nSPS) is 10.6. The van der Waals surface area contributed by atoms with Crippen molar-refractivity contribution in [1.82, 2.24) is 20.4 Å². The number of aromatic nitrogens is 4. The van der Waals surface area contributed by atoms with E-state index in [4.69, 9.17) is 23.2 Å². The number of nitrogens with zero attached hydrogens (tertiary/aromatic N) is 4. The van der Waals surface area contributed by atoms with Crippen LogP contribution in [0.25, 0.3) is 22.8 Å². The average Bonchev–Trinajstić information content (AvgIpc) is 2.48. The number of rotatable bonds is 2. The van der Waals surface area contributed by atoms with E-state index in [-0.39, 0.29) is 0 Å². The van der Waals surface area contributed by atoms with Crippen LogP contribution >= 0.6 is 39.1 Å². The van der Waals surface area contributed by atoms with Crippen LogP contribution in [0, 0.1) is 0 Å². The van der Waals surface area contributed by atoms with Gasteiger partial charge in [-0.3, -0.25) is 0 Å². The van der Waals surface area contributed by atoms with Gasteiger partial charge in [0, 0.05) is 10.0 Å². The summed E-state index contributed by atoms with van der Waals surface area (Å²) in [6.45, 7) is 0. The van der Waals surface area contributed by atoms with Crippen LogP contribution in [0.2, 0.25) is 10.0 Å². The van der Waals surface area contributed by atoms with Crippen molar-refractivity contribution in [2.45, 2.75) is 0 Å². The molecule has 0 saturated heterocycles. The van der Waals surface area contributed by atoms with E-state index in [1.807, 2.05) is 30.3 Å². The van der Waals surface area contributed by atoms with Gasteiger partial charge in [-0.1, -0.05) is 41.4 Å². The van der Waals surface area contributed by atoms with Crippen LogP contribution in [0.1, 0.15) is 0 Å². The highest BCUT2D eigenvalue weighted by atomic mass is 79.9. The molecular weight excluding hydrogens is 375 g/mol. The Morgan fingerprint density at radius 3 is 2.00 bits per heavy atom. The zero-order valence-electron chi connectivity index (χ0n) is 10.5. The second-order valence-corrected chi connectivity index (χ2v) is 5.79. The van der Waals surface area contributed by atoms with Gasteiger partial charge in [0.15, 0.2) is 0 Å². The minimum atomic E-state index is 0.350. The lowest BCUT2D eigenvalue weighted by Gasteiger charge is -2.05. The molecule has 1 aromatic heterocycles. The summed E-state index contributed by atoms with van der Waals surface area (Å²) in [5.74, 6) is 0.718. The summed E-state index contributed by atoms with van der Waals surface area (Å²) in [4.78, 5) is 0. The molecule has 21 heavy (non-hydrogen) atoms. The summed E-state index contributed by atoms with van der Waals surface area (Å²) < 4.78 is 0.782. The van der Waals surface area contributed by atoms with E-state index in [9.17, 15) is 0 Å². The highest BCUT2D eigenvalue weighted by Gasteiger charge is 2.13. The molecule has 0 unspecified atom stereocenters. The highest BCUT2D eigenvalue weighted by Crippen LogP contribution is 2.32. The summed E-state index contributed by atoms with van der Waals surface area (Å²) in [5.41, 5.74) is 1.34. The first-order valence-corrected chi connectivity index (χ1v) is 7.48. The first-order chi connectivity index (χ1) is 10.2.